The molecule has 0 aliphatic heterocycles. The third-order valence-corrected chi connectivity index (χ3v) is 3.82. The van der Waals surface area contributed by atoms with E-state index < -0.39 is 9.05 Å². The molecule has 0 unspecified atom stereocenters. The lowest BCUT2D eigenvalue weighted by Gasteiger charge is -2.05. The lowest BCUT2D eigenvalue weighted by atomic mass is 10.4. The molecule has 0 aliphatic rings. The minimum absolute atomic E-state index is 0.0835. The monoisotopic (exact) mass is 333 g/mol. The van der Waals surface area contributed by atoms with Crippen molar-refractivity contribution in [1.82, 2.24) is 4.98 Å². The van der Waals surface area contributed by atoms with Crippen molar-refractivity contribution in [2.75, 3.05) is 7.11 Å². The van der Waals surface area contributed by atoms with Crippen LogP contribution in [0.3, 0.4) is 0 Å². The van der Waals surface area contributed by atoms with E-state index in [1.807, 2.05) is 0 Å². The van der Waals surface area contributed by atoms with Gasteiger partial charge in [-0.3, -0.25) is 0 Å². The van der Waals surface area contributed by atoms with Crippen LogP contribution in [0.1, 0.15) is 0 Å². The molecule has 1 rings (SSSR count). The van der Waals surface area contributed by atoms with Gasteiger partial charge in [-0.05, 0) is 28.7 Å². The topological polar surface area (TPSA) is 56.3 Å². The van der Waals surface area contributed by atoms with Crippen molar-refractivity contribution in [1.29, 1.82) is 0 Å². The van der Waals surface area contributed by atoms with Crippen LogP contribution in [0, 0.1) is 3.70 Å². The van der Waals surface area contributed by atoms with Crippen LogP contribution in [0.4, 0.5) is 0 Å². The summed E-state index contributed by atoms with van der Waals surface area (Å²) in [5.41, 5.74) is 0. The first-order valence-electron chi connectivity index (χ1n) is 3.10. The van der Waals surface area contributed by atoms with Crippen LogP contribution in [0.2, 0.25) is 0 Å². The second kappa shape index (κ2) is 3.97. The van der Waals surface area contributed by atoms with Gasteiger partial charge in [0, 0.05) is 16.9 Å². The van der Waals surface area contributed by atoms with Crippen molar-refractivity contribution < 1.29 is 13.2 Å². The fraction of sp³-hybridized carbons (Fsp3) is 0.167. The second-order valence-corrected chi connectivity index (χ2v) is 5.60. The quantitative estimate of drug-likeness (QED) is 0.469. The molecule has 1 aromatic rings. The Balaban J connectivity index is 3.50. The summed E-state index contributed by atoms with van der Waals surface area (Å²) in [7, 11) is 2.77. The average Bonchev–Trinajstić information content (AvgIpc) is 2.01. The predicted octanol–water partition coefficient (Wildman–Crippen LogP) is 1.62. The number of aromatic nitrogens is 1. The standard InChI is InChI=1S/C6H5ClINO3S/c1-12-4-2-3-9-6(8)5(4)13(7,10)11/h2-3H,1H3. The molecule has 1 aromatic heterocycles. The summed E-state index contributed by atoms with van der Waals surface area (Å²) in [4.78, 5) is 3.71. The van der Waals surface area contributed by atoms with Gasteiger partial charge < -0.3 is 4.74 Å². The Bertz CT molecular complexity index is 420. The number of ether oxygens (including phenoxy) is 1. The maximum atomic E-state index is 11.1. The first kappa shape index (κ1) is 11.0. The van der Waals surface area contributed by atoms with E-state index in [2.05, 4.69) is 4.98 Å². The zero-order valence-electron chi connectivity index (χ0n) is 6.49. The Hall–Kier alpha value is -0.0800. The van der Waals surface area contributed by atoms with Crippen molar-refractivity contribution in [2.45, 2.75) is 4.90 Å². The van der Waals surface area contributed by atoms with E-state index in [0.717, 1.165) is 0 Å². The predicted molar refractivity (Wildman–Crippen MR) is 56.5 cm³/mol. The molecule has 0 fully saturated rings. The van der Waals surface area contributed by atoms with Crippen molar-refractivity contribution in [2.24, 2.45) is 0 Å². The number of rotatable bonds is 2. The van der Waals surface area contributed by atoms with Crippen molar-refractivity contribution in [3.63, 3.8) is 0 Å². The largest absolute Gasteiger partial charge is 0.495 e. The minimum Gasteiger partial charge on any atom is -0.495 e. The smallest absolute Gasteiger partial charge is 0.267 e. The highest BCUT2D eigenvalue weighted by Gasteiger charge is 2.20. The number of pyridine rings is 1. The van der Waals surface area contributed by atoms with Crippen LogP contribution in [0.15, 0.2) is 17.2 Å². The summed E-state index contributed by atoms with van der Waals surface area (Å²) in [6, 6.07) is 1.44. The SMILES string of the molecule is COc1ccnc(I)c1S(=O)(=O)Cl. The molecule has 0 amide bonds. The molecule has 0 N–H and O–H groups in total. The van der Waals surface area contributed by atoms with Gasteiger partial charge in [-0.2, -0.15) is 0 Å². The summed E-state index contributed by atoms with van der Waals surface area (Å²) < 4.78 is 27.3. The third-order valence-electron chi connectivity index (χ3n) is 1.29. The van der Waals surface area contributed by atoms with Gasteiger partial charge in [0.05, 0.1) is 7.11 Å². The van der Waals surface area contributed by atoms with Gasteiger partial charge in [0.2, 0.25) is 0 Å². The fourth-order valence-corrected chi connectivity index (χ4v) is 3.57. The molecule has 0 aromatic carbocycles. The summed E-state index contributed by atoms with van der Waals surface area (Å²) >= 11 is 1.78. The lowest BCUT2D eigenvalue weighted by Crippen LogP contribution is -2.00. The van der Waals surface area contributed by atoms with Gasteiger partial charge >= 0.3 is 0 Å². The molecule has 7 heteroatoms. The average molecular weight is 334 g/mol. The molecule has 0 atom stereocenters. The van der Waals surface area contributed by atoms with Gasteiger partial charge in [0.25, 0.3) is 9.05 Å². The Morgan fingerprint density at radius 1 is 1.62 bits per heavy atom. The summed E-state index contributed by atoms with van der Waals surface area (Å²) in [6.45, 7) is 0. The lowest BCUT2D eigenvalue weighted by molar-refractivity contribution is 0.401. The van der Waals surface area contributed by atoms with Crippen LogP contribution in [0.5, 0.6) is 5.75 Å². The second-order valence-electron chi connectivity index (χ2n) is 2.07. The maximum Gasteiger partial charge on any atom is 0.267 e. The van der Waals surface area contributed by atoms with E-state index in [1.54, 1.807) is 22.6 Å². The van der Waals surface area contributed by atoms with Gasteiger partial charge in [0.1, 0.15) is 9.45 Å². The summed E-state index contributed by atoms with van der Waals surface area (Å²) in [5.74, 6) is 0.203. The van der Waals surface area contributed by atoms with E-state index in [4.69, 9.17) is 15.4 Å². The van der Waals surface area contributed by atoms with Crippen LogP contribution in [-0.2, 0) is 9.05 Å². The Morgan fingerprint density at radius 3 is 2.62 bits per heavy atom. The van der Waals surface area contributed by atoms with Crippen LogP contribution >= 0.6 is 33.3 Å². The molecule has 0 aliphatic carbocycles. The number of hydrogen-bond acceptors (Lipinski definition) is 4. The zero-order chi connectivity index (χ0) is 10.1. The Labute approximate surface area is 93.8 Å². The number of methoxy groups -OCH3 is 1. The number of halogens is 2. The van der Waals surface area contributed by atoms with E-state index in [1.165, 1.54) is 19.4 Å². The molecular weight excluding hydrogens is 328 g/mol. The zero-order valence-corrected chi connectivity index (χ0v) is 10.2. The van der Waals surface area contributed by atoms with Crippen LogP contribution < -0.4 is 4.74 Å². The third kappa shape index (κ3) is 2.44. The first-order valence-corrected chi connectivity index (χ1v) is 6.49. The maximum absolute atomic E-state index is 11.1. The number of hydrogen-bond donors (Lipinski definition) is 0. The van der Waals surface area contributed by atoms with Gasteiger partial charge in [-0.15, -0.1) is 0 Å². The molecule has 0 spiro atoms. The summed E-state index contributed by atoms with van der Waals surface area (Å²) in [5, 5.41) is 0. The normalized spacial score (nSPS) is 11.3. The summed E-state index contributed by atoms with van der Waals surface area (Å²) in [6.07, 6.45) is 1.45. The van der Waals surface area contributed by atoms with Crippen LogP contribution in [0.25, 0.3) is 0 Å². The first-order chi connectivity index (χ1) is 5.96. The highest BCUT2D eigenvalue weighted by atomic mass is 127. The molecule has 13 heavy (non-hydrogen) atoms. The number of nitrogens with zero attached hydrogens (tertiary/aromatic N) is 1. The highest BCUT2D eigenvalue weighted by molar-refractivity contribution is 14.1. The van der Waals surface area contributed by atoms with E-state index in [0.29, 0.717) is 3.70 Å². The van der Waals surface area contributed by atoms with Gasteiger partial charge in [0.15, 0.2) is 4.90 Å². The molecular formula is C6H5ClINO3S. The van der Waals surface area contributed by atoms with E-state index in [9.17, 15) is 8.42 Å². The molecule has 0 saturated carbocycles. The molecule has 1 heterocycles. The van der Waals surface area contributed by atoms with Gasteiger partial charge in [-0.25, -0.2) is 13.4 Å². The molecule has 0 saturated heterocycles. The van der Waals surface area contributed by atoms with Gasteiger partial charge in [-0.1, -0.05) is 0 Å². The molecule has 0 bridgehead atoms. The van der Waals surface area contributed by atoms with Crippen molar-refractivity contribution >= 4 is 42.3 Å². The fourth-order valence-electron chi connectivity index (χ4n) is 0.788. The van der Waals surface area contributed by atoms with E-state index in [-0.39, 0.29) is 10.6 Å². The van der Waals surface area contributed by atoms with E-state index >= 15 is 0 Å². The molecule has 4 nitrogen and oxygen atoms in total. The Kier molecular flexibility index (Phi) is 3.36. The van der Waals surface area contributed by atoms with Crippen molar-refractivity contribution in [3.05, 3.63) is 16.0 Å². The van der Waals surface area contributed by atoms with Crippen molar-refractivity contribution in [3.8, 4) is 5.75 Å². The van der Waals surface area contributed by atoms with Crippen LogP contribution in [-0.4, -0.2) is 20.5 Å². The molecule has 72 valence electrons. The minimum atomic E-state index is -3.80. The Morgan fingerprint density at radius 2 is 2.23 bits per heavy atom. The highest BCUT2D eigenvalue weighted by Crippen LogP contribution is 2.29. The molecule has 0 radical (unpaired) electrons.